The molecule has 0 spiro atoms. The van der Waals surface area contributed by atoms with Gasteiger partial charge in [0.2, 0.25) is 0 Å². The van der Waals surface area contributed by atoms with Crippen LogP contribution in [0, 0.1) is 0 Å². The smallest absolute Gasteiger partial charge is 0.0492 e. The monoisotopic (exact) mass is 165 g/mol. The Kier molecular flexibility index (Phi) is 1.89. The summed E-state index contributed by atoms with van der Waals surface area (Å²) in [7, 11) is 2.00. The molecule has 12 heavy (non-hydrogen) atoms. The van der Waals surface area contributed by atoms with Gasteiger partial charge in [0.25, 0.3) is 0 Å². The molecule has 3 nitrogen and oxygen atoms in total. The van der Waals surface area contributed by atoms with Crippen LogP contribution in [0.3, 0.4) is 0 Å². The van der Waals surface area contributed by atoms with E-state index in [0.29, 0.717) is 12.0 Å². The molecule has 1 heterocycles. The van der Waals surface area contributed by atoms with Crippen LogP contribution < -0.4 is 5.73 Å². The van der Waals surface area contributed by atoms with Crippen molar-refractivity contribution in [3.63, 3.8) is 0 Å². The maximum absolute atomic E-state index is 5.85. The fraction of sp³-hybridized carbons (Fsp3) is 0.667. The van der Waals surface area contributed by atoms with Crippen molar-refractivity contribution in [2.45, 2.75) is 31.2 Å². The van der Waals surface area contributed by atoms with E-state index in [1.165, 1.54) is 12.1 Å². The zero-order valence-electron chi connectivity index (χ0n) is 7.40. The number of aromatic nitrogens is 2. The van der Waals surface area contributed by atoms with E-state index in [9.17, 15) is 0 Å². The Bertz CT molecular complexity index is 266. The van der Waals surface area contributed by atoms with E-state index in [0.717, 1.165) is 12.8 Å². The van der Waals surface area contributed by atoms with Gasteiger partial charge in [-0.25, -0.2) is 0 Å². The zero-order chi connectivity index (χ0) is 8.55. The van der Waals surface area contributed by atoms with E-state index in [-0.39, 0.29) is 0 Å². The van der Waals surface area contributed by atoms with Crippen molar-refractivity contribution < 1.29 is 0 Å². The molecule has 66 valence electrons. The van der Waals surface area contributed by atoms with Crippen LogP contribution in [0.25, 0.3) is 0 Å². The topological polar surface area (TPSA) is 43.8 Å². The molecule has 1 aliphatic carbocycles. The maximum atomic E-state index is 5.85. The minimum Gasteiger partial charge on any atom is -0.328 e. The van der Waals surface area contributed by atoms with E-state index >= 15 is 0 Å². The van der Waals surface area contributed by atoms with Gasteiger partial charge in [0.1, 0.15) is 0 Å². The number of hydrogen-bond donors (Lipinski definition) is 1. The van der Waals surface area contributed by atoms with Gasteiger partial charge in [-0.1, -0.05) is 0 Å². The molecular formula is C9H15N3. The molecule has 1 saturated carbocycles. The summed E-state index contributed by atoms with van der Waals surface area (Å²) in [6.07, 6.45) is 5.37. The van der Waals surface area contributed by atoms with E-state index in [4.69, 9.17) is 5.73 Å². The summed E-state index contributed by atoms with van der Waals surface area (Å²) in [4.78, 5) is 0. The molecule has 0 aromatic carbocycles. The molecule has 2 N–H and O–H groups in total. The molecule has 2 rings (SSSR count). The first-order valence-corrected chi connectivity index (χ1v) is 4.51. The van der Waals surface area contributed by atoms with Crippen LogP contribution in [0.2, 0.25) is 0 Å². The Labute approximate surface area is 72.6 Å². The van der Waals surface area contributed by atoms with Gasteiger partial charge >= 0.3 is 0 Å². The Morgan fingerprint density at radius 3 is 2.92 bits per heavy atom. The summed E-state index contributed by atoms with van der Waals surface area (Å²) in [5, 5.41) is 4.16. The fourth-order valence-corrected chi connectivity index (χ4v) is 2.07. The second kappa shape index (κ2) is 2.90. The van der Waals surface area contributed by atoms with Crippen molar-refractivity contribution in [3.8, 4) is 0 Å². The largest absolute Gasteiger partial charge is 0.328 e. The van der Waals surface area contributed by atoms with Crippen molar-refractivity contribution in [2.75, 3.05) is 0 Å². The number of rotatable bonds is 1. The quantitative estimate of drug-likeness (QED) is 0.675. The molecule has 3 heteroatoms. The average molecular weight is 165 g/mol. The fourth-order valence-electron chi connectivity index (χ4n) is 2.07. The summed E-state index contributed by atoms with van der Waals surface area (Å²) < 4.78 is 1.96. The summed E-state index contributed by atoms with van der Waals surface area (Å²) in [5.74, 6) is 0.646. The number of aryl methyl sites for hydroxylation is 1. The van der Waals surface area contributed by atoms with Crippen LogP contribution in [0.15, 0.2) is 12.3 Å². The predicted octanol–water partition coefficient (Wildman–Crippen LogP) is 1.01. The van der Waals surface area contributed by atoms with Crippen LogP contribution in [0.4, 0.5) is 0 Å². The highest BCUT2D eigenvalue weighted by molar-refractivity contribution is 5.10. The first kappa shape index (κ1) is 7.80. The molecular weight excluding hydrogens is 150 g/mol. The third kappa shape index (κ3) is 1.25. The number of nitrogens with two attached hydrogens (primary N) is 1. The van der Waals surface area contributed by atoms with Crippen molar-refractivity contribution in [2.24, 2.45) is 12.8 Å². The Balaban J connectivity index is 2.16. The molecule has 1 aromatic heterocycles. The molecule has 0 bridgehead atoms. The number of nitrogens with zero attached hydrogens (tertiary/aromatic N) is 2. The lowest BCUT2D eigenvalue weighted by atomic mass is 10.0. The molecule has 0 radical (unpaired) electrons. The summed E-state index contributed by atoms with van der Waals surface area (Å²) >= 11 is 0. The van der Waals surface area contributed by atoms with Gasteiger partial charge in [0, 0.05) is 30.9 Å². The van der Waals surface area contributed by atoms with Gasteiger partial charge in [-0.3, -0.25) is 4.68 Å². The lowest BCUT2D eigenvalue weighted by Crippen LogP contribution is -2.15. The third-order valence-electron chi connectivity index (χ3n) is 2.75. The molecule has 2 atom stereocenters. The highest BCUT2D eigenvalue weighted by atomic mass is 15.3. The van der Waals surface area contributed by atoms with Gasteiger partial charge in [-0.15, -0.1) is 0 Å². The number of hydrogen-bond acceptors (Lipinski definition) is 2. The van der Waals surface area contributed by atoms with Crippen molar-refractivity contribution >= 4 is 0 Å². The normalized spacial score (nSPS) is 29.5. The minimum absolute atomic E-state index is 0.407. The molecule has 1 aromatic rings. The Morgan fingerprint density at radius 2 is 2.42 bits per heavy atom. The molecule has 1 aliphatic rings. The second-order valence-corrected chi connectivity index (χ2v) is 3.65. The second-order valence-electron chi connectivity index (χ2n) is 3.65. The van der Waals surface area contributed by atoms with Crippen molar-refractivity contribution in [1.82, 2.24) is 9.78 Å². The van der Waals surface area contributed by atoms with Gasteiger partial charge in [0.05, 0.1) is 0 Å². The maximum Gasteiger partial charge on any atom is 0.0492 e. The van der Waals surface area contributed by atoms with E-state index in [1.54, 1.807) is 0 Å². The lowest BCUT2D eigenvalue weighted by molar-refractivity contribution is 0.606. The van der Waals surface area contributed by atoms with Crippen molar-refractivity contribution in [3.05, 3.63) is 18.0 Å². The lowest BCUT2D eigenvalue weighted by Gasteiger charge is -2.09. The first-order chi connectivity index (χ1) is 5.77. The molecule has 0 aliphatic heterocycles. The Morgan fingerprint density at radius 1 is 1.58 bits per heavy atom. The molecule has 0 amide bonds. The van der Waals surface area contributed by atoms with Crippen molar-refractivity contribution in [1.29, 1.82) is 0 Å². The molecule has 0 saturated heterocycles. The van der Waals surface area contributed by atoms with Gasteiger partial charge in [-0.2, -0.15) is 5.10 Å². The van der Waals surface area contributed by atoms with Crippen LogP contribution in [-0.4, -0.2) is 15.8 Å². The van der Waals surface area contributed by atoms with E-state index in [2.05, 4.69) is 11.2 Å². The SMILES string of the molecule is Cn1nccc1C1CCC(N)C1. The van der Waals surface area contributed by atoms with Gasteiger partial charge < -0.3 is 5.73 Å². The highest BCUT2D eigenvalue weighted by Gasteiger charge is 2.24. The van der Waals surface area contributed by atoms with Gasteiger partial charge in [0.15, 0.2) is 0 Å². The van der Waals surface area contributed by atoms with Gasteiger partial charge in [-0.05, 0) is 25.3 Å². The van der Waals surface area contributed by atoms with E-state index in [1.807, 2.05) is 17.9 Å². The molecule has 2 unspecified atom stereocenters. The highest BCUT2D eigenvalue weighted by Crippen LogP contribution is 2.32. The summed E-state index contributed by atoms with van der Waals surface area (Å²) in [6, 6.07) is 2.51. The minimum atomic E-state index is 0.407. The average Bonchev–Trinajstić information content (AvgIpc) is 2.58. The predicted molar refractivity (Wildman–Crippen MR) is 47.8 cm³/mol. The zero-order valence-corrected chi connectivity index (χ0v) is 7.40. The standard InChI is InChI=1S/C9H15N3/c1-12-9(4-5-11-12)7-2-3-8(10)6-7/h4-5,7-8H,2-3,6,10H2,1H3. The Hall–Kier alpha value is -0.830. The summed E-state index contributed by atoms with van der Waals surface area (Å²) in [5.41, 5.74) is 7.19. The van der Waals surface area contributed by atoms with Crippen LogP contribution in [0.5, 0.6) is 0 Å². The summed E-state index contributed by atoms with van der Waals surface area (Å²) in [6.45, 7) is 0. The molecule has 1 fully saturated rings. The van der Waals surface area contributed by atoms with E-state index < -0.39 is 0 Å². The third-order valence-corrected chi connectivity index (χ3v) is 2.75. The van der Waals surface area contributed by atoms with Crippen LogP contribution >= 0.6 is 0 Å². The van der Waals surface area contributed by atoms with Crippen LogP contribution in [-0.2, 0) is 7.05 Å². The van der Waals surface area contributed by atoms with Crippen LogP contribution in [0.1, 0.15) is 30.9 Å². The first-order valence-electron chi connectivity index (χ1n) is 4.51.